The zero-order valence-corrected chi connectivity index (χ0v) is 16.3. The molecule has 4 heteroatoms. The second kappa shape index (κ2) is 9.38. The Morgan fingerprint density at radius 2 is 1.73 bits per heavy atom. The minimum atomic E-state index is 0. The number of guanidine groups is 1. The Balaban J connectivity index is 0.00000242. The van der Waals surface area contributed by atoms with Gasteiger partial charge < -0.3 is 10.6 Å². The highest BCUT2D eigenvalue weighted by molar-refractivity contribution is 14.0. The quantitative estimate of drug-likeness (QED) is 0.433. The van der Waals surface area contributed by atoms with Crippen LogP contribution in [0.5, 0.6) is 0 Å². The molecule has 124 valence electrons. The summed E-state index contributed by atoms with van der Waals surface area (Å²) in [6, 6.07) is 10.8. The number of nitrogens with two attached hydrogens (primary N) is 1. The van der Waals surface area contributed by atoms with Gasteiger partial charge in [0.2, 0.25) is 0 Å². The molecule has 22 heavy (non-hydrogen) atoms. The van der Waals surface area contributed by atoms with Gasteiger partial charge in [-0.05, 0) is 44.1 Å². The van der Waals surface area contributed by atoms with Crippen LogP contribution in [-0.4, -0.2) is 30.5 Å². The predicted molar refractivity (Wildman–Crippen MR) is 106 cm³/mol. The molecule has 1 aromatic rings. The number of aliphatic imine (C=N–C) groups is 1. The number of rotatable bonds is 6. The average molecular weight is 415 g/mol. The highest BCUT2D eigenvalue weighted by Crippen LogP contribution is 2.41. The average Bonchev–Trinajstić information content (AvgIpc) is 2.96. The molecule has 0 aromatic heterocycles. The molecule has 1 fully saturated rings. The summed E-state index contributed by atoms with van der Waals surface area (Å²) in [4.78, 5) is 6.87. The molecular formula is C18H30IN3. The first-order valence-electron chi connectivity index (χ1n) is 8.28. The smallest absolute Gasteiger partial charge is 0.191 e. The van der Waals surface area contributed by atoms with Gasteiger partial charge in [0, 0.05) is 19.6 Å². The van der Waals surface area contributed by atoms with Gasteiger partial charge in [0.05, 0.1) is 0 Å². The first kappa shape index (κ1) is 19.3. The molecule has 1 aliphatic rings. The van der Waals surface area contributed by atoms with Gasteiger partial charge in [-0.2, -0.15) is 0 Å². The van der Waals surface area contributed by atoms with Crippen molar-refractivity contribution in [3.8, 4) is 0 Å². The van der Waals surface area contributed by atoms with Gasteiger partial charge in [-0.15, -0.1) is 24.0 Å². The Morgan fingerprint density at radius 3 is 2.27 bits per heavy atom. The Labute approximate surface area is 152 Å². The molecule has 3 nitrogen and oxygen atoms in total. The molecule has 0 amide bonds. The van der Waals surface area contributed by atoms with Gasteiger partial charge in [-0.1, -0.05) is 43.2 Å². The summed E-state index contributed by atoms with van der Waals surface area (Å²) in [5.41, 5.74) is 7.89. The molecule has 0 heterocycles. The lowest BCUT2D eigenvalue weighted by Crippen LogP contribution is -2.38. The normalized spacial score (nSPS) is 17.1. The van der Waals surface area contributed by atoms with E-state index >= 15 is 0 Å². The summed E-state index contributed by atoms with van der Waals surface area (Å²) in [6.07, 6.45) is 6.33. The number of nitrogens with zero attached hydrogens (tertiary/aromatic N) is 2. The summed E-state index contributed by atoms with van der Waals surface area (Å²) in [6.45, 7) is 6.97. The number of benzene rings is 1. The molecule has 0 saturated heterocycles. The van der Waals surface area contributed by atoms with Gasteiger partial charge in [0.25, 0.3) is 0 Å². The molecule has 1 aromatic carbocycles. The van der Waals surface area contributed by atoms with Gasteiger partial charge in [0.15, 0.2) is 5.96 Å². The second-order valence-electron chi connectivity index (χ2n) is 6.22. The van der Waals surface area contributed by atoms with Crippen LogP contribution in [0, 0.1) is 5.41 Å². The van der Waals surface area contributed by atoms with Crippen molar-refractivity contribution in [2.24, 2.45) is 16.1 Å². The summed E-state index contributed by atoms with van der Waals surface area (Å²) in [7, 11) is 0. The summed E-state index contributed by atoms with van der Waals surface area (Å²) in [5, 5.41) is 0. The van der Waals surface area contributed by atoms with E-state index in [9.17, 15) is 0 Å². The van der Waals surface area contributed by atoms with E-state index in [1.54, 1.807) is 0 Å². The van der Waals surface area contributed by atoms with Crippen molar-refractivity contribution in [2.75, 3.05) is 19.6 Å². The summed E-state index contributed by atoms with van der Waals surface area (Å²) in [5.74, 6) is 0.708. The minimum absolute atomic E-state index is 0. The summed E-state index contributed by atoms with van der Waals surface area (Å²) < 4.78 is 0. The van der Waals surface area contributed by atoms with Gasteiger partial charge >= 0.3 is 0 Å². The summed E-state index contributed by atoms with van der Waals surface area (Å²) >= 11 is 0. The Morgan fingerprint density at radius 1 is 1.14 bits per heavy atom. The molecule has 0 atom stereocenters. The predicted octanol–water partition coefficient (Wildman–Crippen LogP) is 4.06. The van der Waals surface area contributed by atoms with Crippen LogP contribution in [-0.2, 0) is 6.42 Å². The largest absolute Gasteiger partial charge is 0.370 e. The fourth-order valence-corrected chi connectivity index (χ4v) is 3.44. The van der Waals surface area contributed by atoms with Crippen LogP contribution in [0.1, 0.15) is 45.1 Å². The molecule has 1 aliphatic carbocycles. The Bertz CT molecular complexity index is 449. The standard InChI is InChI=1S/C18H29N3.HI/c1-3-21(4-2)17(19)20-15-18(12-8-9-13-18)14-16-10-6-5-7-11-16;/h5-7,10-11H,3-4,8-9,12-15H2,1-2H3,(H2,19,20);1H. The lowest BCUT2D eigenvalue weighted by molar-refractivity contribution is 0.305. The van der Waals surface area contributed by atoms with Crippen molar-refractivity contribution in [3.05, 3.63) is 35.9 Å². The SMILES string of the molecule is CCN(CC)C(N)=NCC1(Cc2ccccc2)CCCC1.I. The lowest BCUT2D eigenvalue weighted by atomic mass is 9.80. The third-order valence-electron chi connectivity index (χ3n) is 4.75. The first-order chi connectivity index (χ1) is 10.2. The molecule has 0 radical (unpaired) electrons. The van der Waals surface area contributed by atoms with E-state index in [4.69, 9.17) is 10.7 Å². The van der Waals surface area contributed by atoms with Crippen molar-refractivity contribution in [1.29, 1.82) is 0 Å². The zero-order valence-electron chi connectivity index (χ0n) is 13.9. The monoisotopic (exact) mass is 415 g/mol. The highest BCUT2D eigenvalue weighted by atomic mass is 127. The number of hydrogen-bond donors (Lipinski definition) is 1. The topological polar surface area (TPSA) is 41.6 Å². The van der Waals surface area contributed by atoms with E-state index < -0.39 is 0 Å². The van der Waals surface area contributed by atoms with E-state index in [0.717, 1.165) is 26.1 Å². The van der Waals surface area contributed by atoms with Crippen molar-refractivity contribution >= 4 is 29.9 Å². The molecule has 1 saturated carbocycles. The zero-order chi connectivity index (χ0) is 15.1. The van der Waals surface area contributed by atoms with E-state index in [2.05, 4.69) is 49.1 Å². The van der Waals surface area contributed by atoms with Gasteiger partial charge in [-0.25, -0.2) is 0 Å². The van der Waals surface area contributed by atoms with Gasteiger partial charge in [0.1, 0.15) is 0 Å². The fourth-order valence-electron chi connectivity index (χ4n) is 3.44. The number of hydrogen-bond acceptors (Lipinski definition) is 1. The van der Waals surface area contributed by atoms with Crippen LogP contribution in [0.3, 0.4) is 0 Å². The van der Waals surface area contributed by atoms with E-state index in [1.807, 2.05) is 0 Å². The van der Waals surface area contributed by atoms with E-state index in [-0.39, 0.29) is 24.0 Å². The maximum absolute atomic E-state index is 6.15. The molecule has 0 unspecified atom stereocenters. The minimum Gasteiger partial charge on any atom is -0.370 e. The van der Waals surface area contributed by atoms with Crippen molar-refractivity contribution in [1.82, 2.24) is 4.90 Å². The molecule has 0 aliphatic heterocycles. The maximum atomic E-state index is 6.15. The van der Waals surface area contributed by atoms with Crippen LogP contribution in [0.15, 0.2) is 35.3 Å². The third kappa shape index (κ3) is 5.14. The van der Waals surface area contributed by atoms with Crippen LogP contribution < -0.4 is 5.73 Å². The van der Waals surface area contributed by atoms with E-state index in [0.29, 0.717) is 11.4 Å². The van der Waals surface area contributed by atoms with Crippen LogP contribution in [0.4, 0.5) is 0 Å². The lowest BCUT2D eigenvalue weighted by Gasteiger charge is -2.28. The van der Waals surface area contributed by atoms with Crippen LogP contribution in [0.2, 0.25) is 0 Å². The van der Waals surface area contributed by atoms with Crippen LogP contribution >= 0.6 is 24.0 Å². The van der Waals surface area contributed by atoms with Crippen LogP contribution in [0.25, 0.3) is 0 Å². The Hall–Kier alpha value is -0.780. The fraction of sp³-hybridized carbons (Fsp3) is 0.611. The molecule has 2 rings (SSSR count). The first-order valence-corrected chi connectivity index (χ1v) is 8.28. The molecule has 2 N–H and O–H groups in total. The Kier molecular flexibility index (Phi) is 8.21. The molecular weight excluding hydrogens is 385 g/mol. The second-order valence-corrected chi connectivity index (χ2v) is 6.22. The van der Waals surface area contributed by atoms with Crippen molar-refractivity contribution in [2.45, 2.75) is 46.0 Å². The number of halogens is 1. The van der Waals surface area contributed by atoms with Gasteiger partial charge in [-0.3, -0.25) is 4.99 Å². The molecule has 0 bridgehead atoms. The molecule has 0 spiro atoms. The maximum Gasteiger partial charge on any atom is 0.191 e. The highest BCUT2D eigenvalue weighted by Gasteiger charge is 2.33. The van der Waals surface area contributed by atoms with Crippen molar-refractivity contribution in [3.63, 3.8) is 0 Å². The van der Waals surface area contributed by atoms with Crippen molar-refractivity contribution < 1.29 is 0 Å². The van der Waals surface area contributed by atoms with E-state index in [1.165, 1.54) is 31.2 Å². The third-order valence-corrected chi connectivity index (χ3v) is 4.75.